The Kier molecular flexibility index (Phi) is 3.37. The highest BCUT2D eigenvalue weighted by Crippen LogP contribution is 2.50. The predicted octanol–water partition coefficient (Wildman–Crippen LogP) is 3.47. The van der Waals surface area contributed by atoms with Crippen LogP contribution in [0.5, 0.6) is 0 Å². The van der Waals surface area contributed by atoms with E-state index in [0.717, 1.165) is 22.3 Å². The minimum Gasteiger partial charge on any atom is -0.446 e. The van der Waals surface area contributed by atoms with Crippen LogP contribution >= 0.6 is 0 Å². The zero-order valence-corrected chi connectivity index (χ0v) is 14.5. The number of nitriles is 1. The summed E-state index contributed by atoms with van der Waals surface area (Å²) >= 11 is 0. The predicted molar refractivity (Wildman–Crippen MR) is 95.8 cm³/mol. The molecule has 1 aromatic carbocycles. The molecule has 1 aliphatic heterocycles. The van der Waals surface area contributed by atoms with Crippen molar-refractivity contribution in [2.45, 2.75) is 25.4 Å². The van der Waals surface area contributed by atoms with E-state index in [1.54, 1.807) is 23.5 Å². The fourth-order valence-corrected chi connectivity index (χ4v) is 3.81. The summed E-state index contributed by atoms with van der Waals surface area (Å²) in [5, 5.41) is 9.47. The van der Waals surface area contributed by atoms with Crippen LogP contribution in [0.25, 0.3) is 11.1 Å². The van der Waals surface area contributed by atoms with Crippen LogP contribution in [0.1, 0.15) is 35.8 Å². The van der Waals surface area contributed by atoms with Crippen LogP contribution in [-0.4, -0.2) is 20.8 Å². The van der Waals surface area contributed by atoms with Crippen molar-refractivity contribution < 1.29 is 9.21 Å². The number of aromatic nitrogens is 2. The molecule has 1 amide bonds. The summed E-state index contributed by atoms with van der Waals surface area (Å²) in [4.78, 5) is 23.0. The maximum atomic E-state index is 13.1. The first kappa shape index (κ1) is 15.8. The second kappa shape index (κ2) is 5.78. The van der Waals surface area contributed by atoms with Gasteiger partial charge in [0.1, 0.15) is 11.5 Å². The molecule has 0 unspecified atom stereocenters. The van der Waals surface area contributed by atoms with E-state index < -0.39 is 5.41 Å². The molecule has 0 radical (unpaired) electrons. The van der Waals surface area contributed by atoms with Gasteiger partial charge in [0.2, 0.25) is 5.91 Å². The number of rotatable bonds is 3. The summed E-state index contributed by atoms with van der Waals surface area (Å²) in [6.07, 6.45) is 7.79. The standard InChI is InChI=1S/C21H16N4O2/c22-12-21(5-6-21)20(26)25-11-16-9-15(14-3-7-23-8-4-14)1-2-17(16)19(25)18-10-24-13-27-18/h1-4,7-10,13,19H,5-6,11H2/t19-/m1/s1. The maximum absolute atomic E-state index is 13.1. The third-order valence-electron chi connectivity index (χ3n) is 5.46. The molecular formula is C21H16N4O2. The largest absolute Gasteiger partial charge is 0.446 e. The third kappa shape index (κ3) is 2.43. The van der Waals surface area contributed by atoms with E-state index >= 15 is 0 Å². The number of benzene rings is 1. The number of pyridine rings is 1. The lowest BCUT2D eigenvalue weighted by Gasteiger charge is -2.25. The Bertz CT molecular complexity index is 1050. The molecule has 3 heterocycles. The van der Waals surface area contributed by atoms with Crippen molar-refractivity contribution in [3.63, 3.8) is 0 Å². The number of amides is 1. The highest BCUT2D eigenvalue weighted by atomic mass is 16.3. The third-order valence-corrected chi connectivity index (χ3v) is 5.46. The van der Waals surface area contributed by atoms with Crippen molar-refractivity contribution in [3.8, 4) is 17.2 Å². The van der Waals surface area contributed by atoms with Crippen molar-refractivity contribution in [1.29, 1.82) is 5.26 Å². The van der Waals surface area contributed by atoms with Gasteiger partial charge in [-0.2, -0.15) is 5.26 Å². The summed E-state index contributed by atoms with van der Waals surface area (Å²) in [6.45, 7) is 0.460. The van der Waals surface area contributed by atoms with E-state index in [1.165, 1.54) is 6.39 Å². The van der Waals surface area contributed by atoms with E-state index in [-0.39, 0.29) is 11.9 Å². The molecule has 6 nitrogen and oxygen atoms in total. The van der Waals surface area contributed by atoms with E-state index in [9.17, 15) is 10.1 Å². The molecule has 27 heavy (non-hydrogen) atoms. The van der Waals surface area contributed by atoms with Crippen molar-refractivity contribution >= 4 is 5.91 Å². The fraction of sp³-hybridized carbons (Fsp3) is 0.238. The van der Waals surface area contributed by atoms with Gasteiger partial charge in [0, 0.05) is 18.9 Å². The zero-order valence-electron chi connectivity index (χ0n) is 14.5. The van der Waals surface area contributed by atoms with Crippen LogP contribution in [-0.2, 0) is 11.3 Å². The van der Waals surface area contributed by atoms with Crippen LogP contribution in [0.2, 0.25) is 0 Å². The number of carbonyl (C=O) groups is 1. The fourth-order valence-electron chi connectivity index (χ4n) is 3.81. The highest BCUT2D eigenvalue weighted by Gasteiger charge is 2.55. The van der Waals surface area contributed by atoms with E-state index in [4.69, 9.17) is 4.42 Å². The summed E-state index contributed by atoms with van der Waals surface area (Å²) < 4.78 is 5.54. The molecule has 1 fully saturated rings. The monoisotopic (exact) mass is 356 g/mol. The quantitative estimate of drug-likeness (QED) is 0.717. The molecule has 2 aliphatic rings. The molecule has 132 valence electrons. The van der Waals surface area contributed by atoms with Crippen LogP contribution in [0.15, 0.2) is 59.7 Å². The second-order valence-corrected chi connectivity index (χ2v) is 7.08. The Labute approximate surface area is 156 Å². The summed E-state index contributed by atoms with van der Waals surface area (Å²) in [6, 6.07) is 12.0. The molecule has 1 aliphatic carbocycles. The minimum absolute atomic E-state index is 0.118. The van der Waals surface area contributed by atoms with Gasteiger partial charge >= 0.3 is 0 Å². The Balaban J connectivity index is 1.58. The first-order valence-corrected chi connectivity index (χ1v) is 8.86. The molecule has 0 N–H and O–H groups in total. The number of fused-ring (bicyclic) bond motifs is 1. The number of oxazole rings is 1. The molecule has 1 atom stereocenters. The molecule has 0 bridgehead atoms. The van der Waals surface area contributed by atoms with E-state index in [0.29, 0.717) is 25.1 Å². The summed E-state index contributed by atoms with van der Waals surface area (Å²) in [5.41, 5.74) is 3.36. The number of nitrogens with zero attached hydrogens (tertiary/aromatic N) is 4. The van der Waals surface area contributed by atoms with E-state index in [1.807, 2.05) is 24.3 Å². The maximum Gasteiger partial charge on any atom is 0.244 e. The molecule has 5 rings (SSSR count). The Hall–Kier alpha value is -3.46. The number of carbonyl (C=O) groups excluding carboxylic acids is 1. The van der Waals surface area contributed by atoms with Gasteiger partial charge in [-0.05, 0) is 53.3 Å². The van der Waals surface area contributed by atoms with Gasteiger partial charge in [-0.25, -0.2) is 4.98 Å². The Morgan fingerprint density at radius 2 is 2.00 bits per heavy atom. The van der Waals surface area contributed by atoms with Crippen molar-refractivity contribution in [1.82, 2.24) is 14.9 Å². The molecule has 2 aromatic heterocycles. The lowest BCUT2D eigenvalue weighted by Crippen LogP contribution is -2.35. The first-order valence-electron chi connectivity index (χ1n) is 8.86. The lowest BCUT2D eigenvalue weighted by molar-refractivity contribution is -0.137. The van der Waals surface area contributed by atoms with Gasteiger partial charge < -0.3 is 9.32 Å². The lowest BCUT2D eigenvalue weighted by atomic mass is 9.97. The van der Waals surface area contributed by atoms with Gasteiger partial charge in [-0.1, -0.05) is 12.1 Å². The minimum atomic E-state index is -0.867. The number of hydrogen-bond acceptors (Lipinski definition) is 5. The van der Waals surface area contributed by atoms with Gasteiger partial charge in [0.15, 0.2) is 12.2 Å². The van der Waals surface area contributed by atoms with Gasteiger partial charge in [0.05, 0.1) is 12.3 Å². The van der Waals surface area contributed by atoms with Crippen molar-refractivity contribution in [2.75, 3.05) is 0 Å². The topological polar surface area (TPSA) is 83.0 Å². The normalized spacial score (nSPS) is 19.4. The Morgan fingerprint density at radius 1 is 1.19 bits per heavy atom. The van der Waals surface area contributed by atoms with Crippen LogP contribution < -0.4 is 0 Å². The molecule has 1 saturated carbocycles. The van der Waals surface area contributed by atoms with Crippen molar-refractivity contribution in [3.05, 3.63) is 72.2 Å². The summed E-state index contributed by atoms with van der Waals surface area (Å²) in [7, 11) is 0. The number of hydrogen-bond donors (Lipinski definition) is 0. The van der Waals surface area contributed by atoms with Gasteiger partial charge in [-0.15, -0.1) is 0 Å². The highest BCUT2D eigenvalue weighted by molar-refractivity contribution is 5.89. The smallest absolute Gasteiger partial charge is 0.244 e. The van der Waals surface area contributed by atoms with E-state index in [2.05, 4.69) is 22.1 Å². The average molecular weight is 356 g/mol. The molecule has 3 aromatic rings. The molecule has 6 heteroatoms. The summed E-state index contributed by atoms with van der Waals surface area (Å²) in [5.74, 6) is 0.501. The Morgan fingerprint density at radius 3 is 2.67 bits per heavy atom. The zero-order chi connectivity index (χ0) is 18.4. The van der Waals surface area contributed by atoms with Crippen molar-refractivity contribution in [2.24, 2.45) is 5.41 Å². The van der Waals surface area contributed by atoms with Crippen LogP contribution in [0.4, 0.5) is 0 Å². The van der Waals surface area contributed by atoms with Crippen LogP contribution in [0, 0.1) is 16.7 Å². The van der Waals surface area contributed by atoms with Gasteiger partial charge in [-0.3, -0.25) is 9.78 Å². The van der Waals surface area contributed by atoms with Crippen LogP contribution in [0.3, 0.4) is 0 Å². The SMILES string of the molecule is N#CC1(C(=O)N2Cc3cc(-c4ccncc4)ccc3[C@@H]2c2cnco2)CC1. The molecule has 0 saturated heterocycles. The first-order chi connectivity index (χ1) is 13.2. The van der Waals surface area contributed by atoms with Gasteiger partial charge in [0.25, 0.3) is 0 Å². The average Bonchev–Trinajstić information content (AvgIpc) is 3.16. The second-order valence-electron chi connectivity index (χ2n) is 7.08. The molecular weight excluding hydrogens is 340 g/mol. The molecule has 0 spiro atoms.